The molecule has 2 aliphatic heterocycles. The van der Waals surface area contributed by atoms with Gasteiger partial charge in [0.25, 0.3) is 0 Å². The smallest absolute Gasteiger partial charge is 0.245 e. The maximum absolute atomic E-state index is 12.6. The standard InChI is InChI=1S/C12H19N3O2S/c1-14-5-4-12(8-14)18(16,17)15-10-2-3-11(15)7-9(13)6-10/h4-5,8-11H,2-3,6-7,13H2,1H3. The van der Waals surface area contributed by atoms with Crippen molar-refractivity contribution < 1.29 is 8.42 Å². The van der Waals surface area contributed by atoms with Gasteiger partial charge in [-0.1, -0.05) is 0 Å². The van der Waals surface area contributed by atoms with Crippen LogP contribution in [0.15, 0.2) is 23.4 Å². The van der Waals surface area contributed by atoms with E-state index >= 15 is 0 Å². The largest absolute Gasteiger partial charge is 0.356 e. The van der Waals surface area contributed by atoms with Crippen LogP contribution in [-0.2, 0) is 17.1 Å². The van der Waals surface area contributed by atoms with E-state index in [1.165, 1.54) is 0 Å². The van der Waals surface area contributed by atoms with Crippen molar-refractivity contribution in [2.75, 3.05) is 0 Å². The number of sulfonamides is 1. The molecule has 2 bridgehead atoms. The first-order chi connectivity index (χ1) is 8.48. The van der Waals surface area contributed by atoms with Crippen LogP contribution in [-0.4, -0.2) is 35.4 Å². The van der Waals surface area contributed by atoms with E-state index in [1.54, 1.807) is 27.3 Å². The van der Waals surface area contributed by atoms with E-state index in [1.807, 2.05) is 7.05 Å². The number of nitrogens with two attached hydrogens (primary N) is 1. The van der Waals surface area contributed by atoms with E-state index in [4.69, 9.17) is 5.73 Å². The second-order valence-corrected chi connectivity index (χ2v) is 7.31. The first-order valence-corrected chi connectivity index (χ1v) is 7.83. The minimum Gasteiger partial charge on any atom is -0.356 e. The molecule has 2 fully saturated rings. The van der Waals surface area contributed by atoms with E-state index in [-0.39, 0.29) is 18.1 Å². The first kappa shape index (κ1) is 12.2. The molecule has 0 radical (unpaired) electrons. The maximum Gasteiger partial charge on any atom is 0.245 e. The van der Waals surface area contributed by atoms with Gasteiger partial charge < -0.3 is 10.3 Å². The third kappa shape index (κ3) is 1.79. The van der Waals surface area contributed by atoms with Gasteiger partial charge in [-0.25, -0.2) is 8.42 Å². The number of piperidine rings is 1. The third-order valence-electron chi connectivity index (χ3n) is 4.08. The summed E-state index contributed by atoms with van der Waals surface area (Å²) >= 11 is 0. The molecule has 2 unspecified atom stereocenters. The van der Waals surface area contributed by atoms with Crippen LogP contribution in [0.2, 0.25) is 0 Å². The molecule has 0 saturated carbocycles. The van der Waals surface area contributed by atoms with Gasteiger partial charge >= 0.3 is 0 Å². The van der Waals surface area contributed by atoms with Crippen molar-refractivity contribution in [1.29, 1.82) is 0 Å². The Labute approximate surface area is 108 Å². The first-order valence-electron chi connectivity index (χ1n) is 6.39. The number of nitrogens with zero attached hydrogens (tertiary/aromatic N) is 2. The Balaban J connectivity index is 1.96. The van der Waals surface area contributed by atoms with Gasteiger partial charge in [0.1, 0.15) is 0 Å². The highest BCUT2D eigenvalue weighted by atomic mass is 32.2. The summed E-state index contributed by atoms with van der Waals surface area (Å²) in [5.74, 6) is 0. The summed E-state index contributed by atoms with van der Waals surface area (Å²) in [5.41, 5.74) is 5.98. The zero-order chi connectivity index (χ0) is 12.9. The average molecular weight is 269 g/mol. The lowest BCUT2D eigenvalue weighted by atomic mass is 10.0. The Morgan fingerprint density at radius 3 is 2.39 bits per heavy atom. The fourth-order valence-electron chi connectivity index (χ4n) is 3.32. The molecule has 100 valence electrons. The van der Waals surface area contributed by atoms with Gasteiger partial charge in [0.05, 0.1) is 4.90 Å². The Morgan fingerprint density at radius 2 is 1.89 bits per heavy atom. The average Bonchev–Trinajstić information content (AvgIpc) is 2.83. The summed E-state index contributed by atoms with van der Waals surface area (Å²) in [6.45, 7) is 0. The lowest BCUT2D eigenvalue weighted by molar-refractivity contribution is 0.227. The lowest BCUT2D eigenvalue weighted by Crippen LogP contribution is -2.49. The minimum absolute atomic E-state index is 0.101. The Morgan fingerprint density at radius 1 is 1.28 bits per heavy atom. The summed E-state index contributed by atoms with van der Waals surface area (Å²) in [5, 5.41) is 0. The number of hydrogen-bond donors (Lipinski definition) is 1. The van der Waals surface area contributed by atoms with E-state index in [0.29, 0.717) is 4.90 Å². The molecule has 18 heavy (non-hydrogen) atoms. The summed E-state index contributed by atoms with van der Waals surface area (Å²) in [7, 11) is -1.51. The molecule has 0 aromatic carbocycles. The highest BCUT2D eigenvalue weighted by molar-refractivity contribution is 7.89. The lowest BCUT2D eigenvalue weighted by Gasteiger charge is -2.36. The normalized spacial score (nSPS) is 32.9. The monoisotopic (exact) mass is 269 g/mol. The fraction of sp³-hybridized carbons (Fsp3) is 0.667. The van der Waals surface area contributed by atoms with Crippen LogP contribution in [0, 0.1) is 0 Å². The summed E-state index contributed by atoms with van der Waals surface area (Å²) in [6, 6.07) is 2.03. The van der Waals surface area contributed by atoms with Crippen LogP contribution in [0.25, 0.3) is 0 Å². The molecule has 2 saturated heterocycles. The topological polar surface area (TPSA) is 68.3 Å². The molecular weight excluding hydrogens is 250 g/mol. The van der Waals surface area contributed by atoms with Gasteiger partial charge in [-0.05, 0) is 31.7 Å². The van der Waals surface area contributed by atoms with Crippen molar-refractivity contribution in [3.8, 4) is 0 Å². The van der Waals surface area contributed by atoms with Crippen LogP contribution in [0.5, 0.6) is 0 Å². The van der Waals surface area contributed by atoms with Crippen molar-refractivity contribution in [3.63, 3.8) is 0 Å². The number of aryl methyl sites for hydroxylation is 1. The molecule has 1 aromatic rings. The molecule has 3 heterocycles. The Hall–Kier alpha value is -0.850. The maximum atomic E-state index is 12.6. The Bertz CT molecular complexity index is 537. The van der Waals surface area contributed by atoms with Gasteiger partial charge in [0.2, 0.25) is 10.0 Å². The van der Waals surface area contributed by atoms with Gasteiger partial charge in [-0.2, -0.15) is 4.31 Å². The van der Waals surface area contributed by atoms with Gasteiger partial charge in [-0.15, -0.1) is 0 Å². The second kappa shape index (κ2) is 4.08. The van der Waals surface area contributed by atoms with Crippen molar-refractivity contribution in [2.45, 2.75) is 48.7 Å². The second-order valence-electron chi connectivity index (χ2n) is 5.46. The van der Waals surface area contributed by atoms with Crippen molar-refractivity contribution in [1.82, 2.24) is 8.87 Å². The molecular formula is C12H19N3O2S. The Kier molecular flexibility index (Phi) is 2.76. The van der Waals surface area contributed by atoms with Gasteiger partial charge in [-0.3, -0.25) is 0 Å². The number of aromatic nitrogens is 1. The molecule has 0 amide bonds. The molecule has 5 nitrogen and oxygen atoms in total. The number of rotatable bonds is 2. The van der Waals surface area contributed by atoms with Crippen LogP contribution in [0.3, 0.4) is 0 Å². The summed E-state index contributed by atoms with van der Waals surface area (Å²) in [6.07, 6.45) is 6.92. The van der Waals surface area contributed by atoms with Crippen molar-refractivity contribution in [2.24, 2.45) is 12.8 Å². The summed E-state index contributed by atoms with van der Waals surface area (Å²) in [4.78, 5) is 0.400. The molecule has 0 spiro atoms. The van der Waals surface area contributed by atoms with E-state index < -0.39 is 10.0 Å². The van der Waals surface area contributed by atoms with Crippen LogP contribution in [0.4, 0.5) is 0 Å². The molecule has 3 rings (SSSR count). The van der Waals surface area contributed by atoms with Crippen molar-refractivity contribution in [3.05, 3.63) is 18.5 Å². The van der Waals surface area contributed by atoms with Crippen LogP contribution >= 0.6 is 0 Å². The van der Waals surface area contributed by atoms with Gasteiger partial charge in [0, 0.05) is 37.6 Å². The highest BCUT2D eigenvalue weighted by Gasteiger charge is 2.46. The number of hydrogen-bond acceptors (Lipinski definition) is 3. The predicted octanol–water partition coefficient (Wildman–Crippen LogP) is 0.668. The quantitative estimate of drug-likeness (QED) is 0.858. The minimum atomic E-state index is -3.34. The third-order valence-corrected chi connectivity index (χ3v) is 6.07. The highest BCUT2D eigenvalue weighted by Crippen LogP contribution is 2.39. The molecule has 1 aromatic heterocycles. The SMILES string of the molecule is Cn1ccc(S(=O)(=O)N2C3CCC2CC(N)C3)c1. The molecule has 2 N–H and O–H groups in total. The summed E-state index contributed by atoms with van der Waals surface area (Å²) < 4.78 is 28.8. The molecule has 0 aliphatic carbocycles. The predicted molar refractivity (Wildman–Crippen MR) is 68.5 cm³/mol. The molecule has 6 heteroatoms. The molecule has 2 atom stereocenters. The number of fused-ring (bicyclic) bond motifs is 2. The van der Waals surface area contributed by atoms with Crippen molar-refractivity contribution >= 4 is 10.0 Å². The van der Waals surface area contributed by atoms with Gasteiger partial charge in [0.15, 0.2) is 0 Å². The molecule has 2 aliphatic rings. The van der Waals surface area contributed by atoms with E-state index in [0.717, 1.165) is 25.7 Å². The van der Waals surface area contributed by atoms with Crippen LogP contribution in [0.1, 0.15) is 25.7 Å². The van der Waals surface area contributed by atoms with E-state index in [2.05, 4.69) is 0 Å². The van der Waals surface area contributed by atoms with Crippen LogP contribution < -0.4 is 5.73 Å². The fourth-order valence-corrected chi connectivity index (χ4v) is 5.26. The zero-order valence-corrected chi connectivity index (χ0v) is 11.3. The van der Waals surface area contributed by atoms with E-state index in [9.17, 15) is 8.42 Å². The zero-order valence-electron chi connectivity index (χ0n) is 10.5.